The standard InChI is InChI=1S/C15H19FN4O2S/c1-9(8-21)10(2)17-14(22)18-15-20-19-13(23-15)7-11-5-3-4-6-12(11)16/h3-6,9-10,21H,7-8H2,1-2H3,(H2,17,18,20,22). The second-order valence-corrected chi connectivity index (χ2v) is 6.38. The molecule has 0 radical (unpaired) electrons. The molecule has 2 rings (SSSR count). The van der Waals surface area contributed by atoms with Gasteiger partial charge in [-0.3, -0.25) is 5.32 Å². The number of carbonyl (C=O) groups is 1. The van der Waals surface area contributed by atoms with Gasteiger partial charge in [-0.2, -0.15) is 0 Å². The van der Waals surface area contributed by atoms with Gasteiger partial charge in [0.05, 0.1) is 0 Å². The molecule has 3 N–H and O–H groups in total. The summed E-state index contributed by atoms with van der Waals surface area (Å²) < 4.78 is 13.6. The second-order valence-electron chi connectivity index (χ2n) is 5.32. The van der Waals surface area contributed by atoms with Gasteiger partial charge >= 0.3 is 6.03 Å². The highest BCUT2D eigenvalue weighted by Gasteiger charge is 2.15. The first kappa shape index (κ1) is 17.3. The van der Waals surface area contributed by atoms with Gasteiger partial charge in [0.2, 0.25) is 5.13 Å². The predicted octanol–water partition coefficient (Wildman–Crippen LogP) is 2.41. The minimum absolute atomic E-state index is 0.00690. The lowest BCUT2D eigenvalue weighted by molar-refractivity contribution is 0.204. The van der Waals surface area contributed by atoms with Crippen LogP contribution in [-0.4, -0.2) is 34.0 Å². The SMILES string of the molecule is CC(CO)C(C)NC(=O)Nc1nnc(Cc2ccccc2F)s1. The molecule has 124 valence electrons. The van der Waals surface area contributed by atoms with Crippen LogP contribution in [0.4, 0.5) is 14.3 Å². The molecule has 1 aromatic carbocycles. The fourth-order valence-corrected chi connectivity index (χ4v) is 2.58. The van der Waals surface area contributed by atoms with Crippen molar-refractivity contribution in [2.24, 2.45) is 5.92 Å². The van der Waals surface area contributed by atoms with E-state index in [1.54, 1.807) is 18.2 Å². The topological polar surface area (TPSA) is 87.1 Å². The lowest BCUT2D eigenvalue weighted by atomic mass is 10.1. The normalized spacial score (nSPS) is 13.4. The molecule has 6 nitrogen and oxygen atoms in total. The van der Waals surface area contributed by atoms with Crippen molar-refractivity contribution >= 4 is 22.5 Å². The molecule has 8 heteroatoms. The van der Waals surface area contributed by atoms with Crippen LogP contribution < -0.4 is 10.6 Å². The Balaban J connectivity index is 1.92. The third kappa shape index (κ3) is 4.97. The first-order chi connectivity index (χ1) is 11.0. The molecule has 0 spiro atoms. The Bertz CT molecular complexity index is 664. The number of aromatic nitrogens is 2. The molecule has 23 heavy (non-hydrogen) atoms. The summed E-state index contributed by atoms with van der Waals surface area (Å²) in [6.07, 6.45) is 0.325. The number of aliphatic hydroxyl groups excluding tert-OH is 1. The number of benzene rings is 1. The molecule has 0 saturated heterocycles. The summed E-state index contributed by atoms with van der Waals surface area (Å²) in [5, 5.41) is 23.2. The summed E-state index contributed by atoms with van der Waals surface area (Å²) in [6, 6.07) is 5.89. The summed E-state index contributed by atoms with van der Waals surface area (Å²) in [4.78, 5) is 11.8. The molecule has 2 unspecified atom stereocenters. The summed E-state index contributed by atoms with van der Waals surface area (Å²) in [6.45, 7) is 3.64. The van der Waals surface area contributed by atoms with Crippen molar-refractivity contribution in [1.29, 1.82) is 0 Å². The fourth-order valence-electron chi connectivity index (χ4n) is 1.82. The molecule has 0 aliphatic heterocycles. The van der Waals surface area contributed by atoms with Crippen LogP contribution in [0.1, 0.15) is 24.4 Å². The minimum atomic E-state index is -0.411. The molecular weight excluding hydrogens is 319 g/mol. The maximum atomic E-state index is 13.6. The Kier molecular flexibility index (Phi) is 6.00. The monoisotopic (exact) mass is 338 g/mol. The molecule has 2 atom stereocenters. The number of nitrogens with zero attached hydrogens (tertiary/aromatic N) is 2. The van der Waals surface area contributed by atoms with Gasteiger partial charge in [-0.25, -0.2) is 9.18 Å². The second kappa shape index (κ2) is 7.98. The Morgan fingerprint density at radius 2 is 2.09 bits per heavy atom. The number of hydrogen-bond donors (Lipinski definition) is 3. The van der Waals surface area contributed by atoms with Crippen molar-refractivity contribution in [2.45, 2.75) is 26.3 Å². The number of rotatable bonds is 6. The van der Waals surface area contributed by atoms with Crippen LogP contribution in [0.25, 0.3) is 0 Å². The van der Waals surface area contributed by atoms with E-state index in [0.717, 1.165) is 0 Å². The van der Waals surface area contributed by atoms with E-state index in [1.807, 2.05) is 13.8 Å². The zero-order valence-electron chi connectivity index (χ0n) is 12.9. The van der Waals surface area contributed by atoms with Crippen LogP contribution in [0, 0.1) is 11.7 Å². The van der Waals surface area contributed by atoms with Gasteiger partial charge in [-0.05, 0) is 24.5 Å². The Morgan fingerprint density at radius 3 is 2.78 bits per heavy atom. The van der Waals surface area contributed by atoms with Crippen molar-refractivity contribution in [2.75, 3.05) is 11.9 Å². The van der Waals surface area contributed by atoms with Crippen LogP contribution in [-0.2, 0) is 6.42 Å². The van der Waals surface area contributed by atoms with Crippen molar-refractivity contribution in [3.05, 3.63) is 40.7 Å². The highest BCUT2D eigenvalue weighted by Crippen LogP contribution is 2.19. The maximum absolute atomic E-state index is 13.6. The molecule has 0 fully saturated rings. The highest BCUT2D eigenvalue weighted by molar-refractivity contribution is 7.15. The molecule has 0 aliphatic carbocycles. The van der Waals surface area contributed by atoms with E-state index < -0.39 is 6.03 Å². The minimum Gasteiger partial charge on any atom is -0.396 e. The highest BCUT2D eigenvalue weighted by atomic mass is 32.1. The van der Waals surface area contributed by atoms with Crippen molar-refractivity contribution in [3.8, 4) is 0 Å². The number of urea groups is 1. The third-order valence-electron chi connectivity index (χ3n) is 3.49. The number of amides is 2. The van der Waals surface area contributed by atoms with Gasteiger partial charge < -0.3 is 10.4 Å². The van der Waals surface area contributed by atoms with E-state index in [2.05, 4.69) is 20.8 Å². The van der Waals surface area contributed by atoms with E-state index in [-0.39, 0.29) is 24.4 Å². The van der Waals surface area contributed by atoms with Gasteiger partial charge in [0.1, 0.15) is 10.8 Å². The maximum Gasteiger partial charge on any atom is 0.321 e. The number of aliphatic hydroxyl groups is 1. The summed E-state index contributed by atoms with van der Waals surface area (Å²) in [7, 11) is 0. The van der Waals surface area contributed by atoms with Crippen LogP contribution in [0.5, 0.6) is 0 Å². The van der Waals surface area contributed by atoms with Crippen molar-refractivity contribution in [1.82, 2.24) is 15.5 Å². The third-order valence-corrected chi connectivity index (χ3v) is 4.33. The van der Waals surface area contributed by atoms with Crippen LogP contribution in [0.3, 0.4) is 0 Å². The smallest absolute Gasteiger partial charge is 0.321 e. The largest absolute Gasteiger partial charge is 0.396 e. The van der Waals surface area contributed by atoms with Crippen LogP contribution >= 0.6 is 11.3 Å². The summed E-state index contributed by atoms with van der Waals surface area (Å²) in [5.74, 6) is -0.339. The number of halogens is 1. The molecule has 1 heterocycles. The fraction of sp³-hybridized carbons (Fsp3) is 0.400. The first-order valence-corrected chi connectivity index (χ1v) is 8.05. The Morgan fingerprint density at radius 1 is 1.35 bits per heavy atom. The van der Waals surface area contributed by atoms with E-state index >= 15 is 0 Å². The van der Waals surface area contributed by atoms with E-state index in [4.69, 9.17) is 5.11 Å². The molecule has 1 aromatic heterocycles. The van der Waals surface area contributed by atoms with E-state index in [9.17, 15) is 9.18 Å². The molecule has 2 amide bonds. The predicted molar refractivity (Wildman–Crippen MR) is 87.0 cm³/mol. The first-order valence-electron chi connectivity index (χ1n) is 7.23. The number of carbonyl (C=O) groups excluding carboxylic acids is 1. The zero-order chi connectivity index (χ0) is 16.8. The van der Waals surface area contributed by atoms with Crippen molar-refractivity contribution in [3.63, 3.8) is 0 Å². The van der Waals surface area contributed by atoms with Gasteiger partial charge in [0.15, 0.2) is 0 Å². The average molecular weight is 338 g/mol. The van der Waals surface area contributed by atoms with Crippen molar-refractivity contribution < 1.29 is 14.3 Å². The molecular formula is C15H19FN4O2S. The van der Waals surface area contributed by atoms with Gasteiger partial charge in [0.25, 0.3) is 0 Å². The molecule has 0 bridgehead atoms. The number of nitrogens with one attached hydrogen (secondary N) is 2. The van der Waals surface area contributed by atoms with Gasteiger partial charge in [-0.1, -0.05) is 36.5 Å². The lowest BCUT2D eigenvalue weighted by Crippen LogP contribution is -2.40. The lowest BCUT2D eigenvalue weighted by Gasteiger charge is -2.18. The Hall–Kier alpha value is -2.06. The zero-order valence-corrected chi connectivity index (χ0v) is 13.7. The quantitative estimate of drug-likeness (QED) is 0.755. The van der Waals surface area contributed by atoms with E-state index in [1.165, 1.54) is 17.4 Å². The van der Waals surface area contributed by atoms with Crippen LogP contribution in [0.2, 0.25) is 0 Å². The molecule has 0 aliphatic rings. The number of anilines is 1. The molecule has 2 aromatic rings. The van der Waals surface area contributed by atoms with Gasteiger partial charge in [-0.15, -0.1) is 10.2 Å². The van der Waals surface area contributed by atoms with Crippen LogP contribution in [0.15, 0.2) is 24.3 Å². The average Bonchev–Trinajstić information content (AvgIpc) is 2.95. The summed E-state index contributed by atoms with van der Waals surface area (Å²) in [5.41, 5.74) is 0.532. The molecule has 0 saturated carbocycles. The van der Waals surface area contributed by atoms with Gasteiger partial charge in [0, 0.05) is 19.1 Å². The summed E-state index contributed by atoms with van der Waals surface area (Å²) >= 11 is 1.20. The Labute approximate surface area is 137 Å². The number of hydrogen-bond acceptors (Lipinski definition) is 5. The van der Waals surface area contributed by atoms with E-state index in [0.29, 0.717) is 22.1 Å².